The fraction of sp³-hybridized carbons (Fsp3) is 0.217. The molecule has 4 rings (SSSR count). The van der Waals surface area contributed by atoms with Gasteiger partial charge < -0.3 is 10.2 Å². The Morgan fingerprint density at radius 2 is 1.74 bits per heavy atom. The Morgan fingerprint density at radius 1 is 1.00 bits per heavy atom. The van der Waals surface area contributed by atoms with Crippen LogP contribution in [0.1, 0.15) is 17.5 Å². The smallest absolute Gasteiger partial charge is 0.229 e. The van der Waals surface area contributed by atoms with E-state index in [4.69, 9.17) is 0 Å². The lowest BCUT2D eigenvalue weighted by Crippen LogP contribution is -2.28. The predicted octanol–water partition coefficient (Wildman–Crippen LogP) is 4.45. The highest BCUT2D eigenvalue weighted by atomic mass is 16.2. The highest BCUT2D eigenvalue weighted by molar-refractivity contribution is 6.08. The lowest BCUT2D eigenvalue weighted by Gasteiger charge is -2.19. The summed E-state index contributed by atoms with van der Waals surface area (Å²) in [6, 6.07) is 19.8. The van der Waals surface area contributed by atoms with E-state index in [1.807, 2.05) is 74.5 Å². The molecule has 0 bridgehead atoms. The molecule has 0 aromatic heterocycles. The summed E-state index contributed by atoms with van der Waals surface area (Å²) in [6.45, 7) is 4.42. The standard InChI is InChI=1S/C23H22N2O2/c1-15-7-5-11-20(16(15)2)24-23(27)18-13-22(26)25(14-18)21-12-6-9-17-8-3-4-10-19(17)21/h3-12,18H,13-14H2,1-2H3,(H,24,27). The molecule has 1 N–H and O–H groups in total. The van der Waals surface area contributed by atoms with E-state index >= 15 is 0 Å². The first-order valence-electron chi connectivity index (χ1n) is 9.20. The zero-order chi connectivity index (χ0) is 19.0. The normalized spacial score (nSPS) is 16.7. The van der Waals surface area contributed by atoms with E-state index in [0.717, 1.165) is 33.3 Å². The molecule has 4 nitrogen and oxygen atoms in total. The first-order chi connectivity index (χ1) is 13.0. The molecule has 0 saturated carbocycles. The van der Waals surface area contributed by atoms with Crippen molar-refractivity contribution in [3.63, 3.8) is 0 Å². The van der Waals surface area contributed by atoms with E-state index in [0.29, 0.717) is 6.54 Å². The van der Waals surface area contributed by atoms with Crippen molar-refractivity contribution in [2.24, 2.45) is 5.92 Å². The quantitative estimate of drug-likeness (QED) is 0.752. The number of rotatable bonds is 3. The van der Waals surface area contributed by atoms with Gasteiger partial charge >= 0.3 is 0 Å². The van der Waals surface area contributed by atoms with Gasteiger partial charge in [0.15, 0.2) is 0 Å². The Kier molecular flexibility index (Phi) is 4.40. The van der Waals surface area contributed by atoms with E-state index in [1.165, 1.54) is 0 Å². The number of aryl methyl sites for hydroxylation is 1. The Hall–Kier alpha value is -3.14. The molecule has 1 unspecified atom stereocenters. The van der Waals surface area contributed by atoms with Crippen LogP contribution < -0.4 is 10.2 Å². The molecule has 1 saturated heterocycles. The van der Waals surface area contributed by atoms with Crippen LogP contribution in [0.15, 0.2) is 60.7 Å². The van der Waals surface area contributed by atoms with Crippen molar-refractivity contribution in [2.75, 3.05) is 16.8 Å². The fourth-order valence-corrected chi connectivity index (χ4v) is 3.68. The summed E-state index contributed by atoms with van der Waals surface area (Å²) in [5, 5.41) is 5.13. The van der Waals surface area contributed by atoms with Gasteiger partial charge in [-0.2, -0.15) is 0 Å². The second-order valence-corrected chi connectivity index (χ2v) is 7.14. The van der Waals surface area contributed by atoms with E-state index in [-0.39, 0.29) is 24.2 Å². The van der Waals surface area contributed by atoms with Gasteiger partial charge in [0.25, 0.3) is 0 Å². The fourth-order valence-electron chi connectivity index (χ4n) is 3.68. The van der Waals surface area contributed by atoms with Gasteiger partial charge in [-0.25, -0.2) is 0 Å². The predicted molar refractivity (Wildman–Crippen MR) is 109 cm³/mol. The van der Waals surface area contributed by atoms with Gasteiger partial charge in [0.1, 0.15) is 0 Å². The van der Waals surface area contributed by atoms with Crippen LogP contribution in [0.2, 0.25) is 0 Å². The summed E-state index contributed by atoms with van der Waals surface area (Å²) in [5.74, 6) is -0.455. The van der Waals surface area contributed by atoms with Gasteiger partial charge in [0, 0.05) is 24.0 Å². The van der Waals surface area contributed by atoms with Gasteiger partial charge in [-0.1, -0.05) is 48.5 Å². The molecular weight excluding hydrogens is 336 g/mol. The van der Waals surface area contributed by atoms with E-state index < -0.39 is 0 Å². The van der Waals surface area contributed by atoms with E-state index in [1.54, 1.807) is 4.90 Å². The van der Waals surface area contributed by atoms with E-state index in [2.05, 4.69) is 5.32 Å². The minimum Gasteiger partial charge on any atom is -0.326 e. The van der Waals surface area contributed by atoms with Crippen molar-refractivity contribution in [3.05, 3.63) is 71.8 Å². The van der Waals surface area contributed by atoms with Crippen LogP contribution in [0.25, 0.3) is 10.8 Å². The minimum absolute atomic E-state index is 0.00697. The number of anilines is 2. The van der Waals surface area contributed by atoms with Crippen molar-refractivity contribution >= 4 is 34.0 Å². The average Bonchev–Trinajstić information content (AvgIpc) is 3.06. The third kappa shape index (κ3) is 3.19. The maximum absolute atomic E-state index is 12.8. The number of carbonyl (C=O) groups is 2. The molecule has 1 atom stereocenters. The zero-order valence-corrected chi connectivity index (χ0v) is 15.5. The maximum atomic E-state index is 12.8. The largest absolute Gasteiger partial charge is 0.326 e. The maximum Gasteiger partial charge on any atom is 0.229 e. The van der Waals surface area contributed by atoms with Crippen LogP contribution >= 0.6 is 0 Å². The summed E-state index contributed by atoms with van der Waals surface area (Å²) in [6.07, 6.45) is 0.236. The van der Waals surface area contributed by atoms with Crippen molar-refractivity contribution in [3.8, 4) is 0 Å². The van der Waals surface area contributed by atoms with Gasteiger partial charge in [-0.3, -0.25) is 9.59 Å². The zero-order valence-electron chi connectivity index (χ0n) is 15.5. The molecule has 1 heterocycles. The molecule has 0 spiro atoms. The molecule has 1 aliphatic rings. The molecule has 3 aromatic rings. The molecule has 3 aromatic carbocycles. The van der Waals surface area contributed by atoms with Crippen LogP contribution in [-0.2, 0) is 9.59 Å². The van der Waals surface area contributed by atoms with Crippen LogP contribution in [0.4, 0.5) is 11.4 Å². The van der Waals surface area contributed by atoms with E-state index in [9.17, 15) is 9.59 Å². The third-order valence-electron chi connectivity index (χ3n) is 5.42. The molecule has 0 aliphatic carbocycles. The van der Waals surface area contributed by atoms with Crippen LogP contribution in [0.3, 0.4) is 0 Å². The molecule has 1 aliphatic heterocycles. The Bertz CT molecular complexity index is 1040. The first kappa shape index (κ1) is 17.3. The molecule has 2 amide bonds. The van der Waals surface area contributed by atoms with Crippen molar-refractivity contribution in [2.45, 2.75) is 20.3 Å². The van der Waals surface area contributed by atoms with Crippen molar-refractivity contribution < 1.29 is 9.59 Å². The van der Waals surface area contributed by atoms with Crippen molar-refractivity contribution in [1.29, 1.82) is 0 Å². The molecule has 0 radical (unpaired) electrons. The second-order valence-electron chi connectivity index (χ2n) is 7.14. The number of carbonyl (C=O) groups excluding carboxylic acids is 2. The topological polar surface area (TPSA) is 49.4 Å². The molecule has 27 heavy (non-hydrogen) atoms. The average molecular weight is 358 g/mol. The number of nitrogens with one attached hydrogen (secondary N) is 1. The minimum atomic E-state index is -0.351. The van der Waals surface area contributed by atoms with Gasteiger partial charge in [-0.05, 0) is 42.5 Å². The first-order valence-corrected chi connectivity index (χ1v) is 9.20. The Labute approximate surface area is 158 Å². The molecular formula is C23H22N2O2. The van der Waals surface area contributed by atoms with Crippen LogP contribution in [-0.4, -0.2) is 18.4 Å². The van der Waals surface area contributed by atoms with Crippen molar-refractivity contribution in [1.82, 2.24) is 0 Å². The summed E-state index contributed by atoms with van der Waals surface area (Å²) in [5.41, 5.74) is 3.88. The monoisotopic (exact) mass is 358 g/mol. The van der Waals surface area contributed by atoms with Gasteiger partial charge in [0.05, 0.1) is 11.6 Å². The summed E-state index contributed by atoms with van der Waals surface area (Å²) >= 11 is 0. The number of amides is 2. The summed E-state index contributed by atoms with van der Waals surface area (Å²) in [4.78, 5) is 27.2. The lowest BCUT2D eigenvalue weighted by molar-refractivity contribution is -0.122. The number of benzene rings is 3. The Morgan fingerprint density at radius 3 is 2.59 bits per heavy atom. The Balaban J connectivity index is 1.57. The highest BCUT2D eigenvalue weighted by Gasteiger charge is 2.35. The second kappa shape index (κ2) is 6.88. The molecule has 4 heteroatoms. The number of nitrogens with zero attached hydrogens (tertiary/aromatic N) is 1. The van der Waals surface area contributed by atoms with Crippen LogP contribution in [0, 0.1) is 19.8 Å². The highest BCUT2D eigenvalue weighted by Crippen LogP contribution is 2.32. The lowest BCUT2D eigenvalue weighted by atomic mass is 10.1. The number of hydrogen-bond acceptors (Lipinski definition) is 2. The SMILES string of the molecule is Cc1cccc(NC(=O)C2CC(=O)N(c3cccc4ccccc34)C2)c1C. The number of fused-ring (bicyclic) bond motifs is 1. The van der Waals surface area contributed by atoms with Crippen LogP contribution in [0.5, 0.6) is 0 Å². The molecule has 136 valence electrons. The summed E-state index contributed by atoms with van der Waals surface area (Å²) in [7, 11) is 0. The number of hydrogen-bond donors (Lipinski definition) is 1. The van der Waals surface area contributed by atoms with Gasteiger partial charge in [0.2, 0.25) is 11.8 Å². The summed E-state index contributed by atoms with van der Waals surface area (Å²) < 4.78 is 0. The molecule has 1 fully saturated rings. The van der Waals surface area contributed by atoms with Gasteiger partial charge in [-0.15, -0.1) is 0 Å². The third-order valence-corrected chi connectivity index (χ3v) is 5.42.